The molecule has 0 unspecified atom stereocenters. The quantitative estimate of drug-likeness (QED) is 0.456. The second-order valence-electron chi connectivity index (χ2n) is 5.92. The van der Waals surface area contributed by atoms with Gasteiger partial charge in [-0.1, -0.05) is 24.3 Å². The number of carbonyl (C=O) groups is 2. The van der Waals surface area contributed by atoms with E-state index in [2.05, 4.69) is 17.4 Å². The number of amides is 1. The van der Waals surface area contributed by atoms with Gasteiger partial charge in [-0.15, -0.1) is 0 Å². The second kappa shape index (κ2) is 8.37. The number of allylic oxidation sites excluding steroid dienone is 1. The molecule has 0 fully saturated rings. The van der Waals surface area contributed by atoms with Crippen molar-refractivity contribution in [1.82, 2.24) is 5.32 Å². The monoisotopic (exact) mass is 303 g/mol. The predicted molar refractivity (Wildman–Crippen MR) is 88.3 cm³/mol. The fourth-order valence-electron chi connectivity index (χ4n) is 2.07. The van der Waals surface area contributed by atoms with Crippen LogP contribution in [0.3, 0.4) is 0 Å². The Hall–Kier alpha value is -2.10. The summed E-state index contributed by atoms with van der Waals surface area (Å²) in [5.74, 6) is -0.314. The molecule has 0 saturated carbocycles. The van der Waals surface area contributed by atoms with Crippen LogP contribution in [0.4, 0.5) is 0 Å². The lowest BCUT2D eigenvalue weighted by molar-refractivity contribution is -0.137. The largest absolute Gasteiger partial charge is 0.463 e. The van der Waals surface area contributed by atoms with Crippen LogP contribution in [0.1, 0.15) is 45.2 Å². The zero-order valence-electron chi connectivity index (χ0n) is 13.8. The Morgan fingerprint density at radius 3 is 2.45 bits per heavy atom. The lowest BCUT2D eigenvalue weighted by Crippen LogP contribution is -2.38. The molecule has 1 N–H and O–H groups in total. The number of rotatable bonds is 8. The Bertz CT molecular complexity index is 530. The van der Waals surface area contributed by atoms with Crippen LogP contribution >= 0.6 is 0 Å². The standard InChI is InChI=1S/C18H25NO3/c1-5-22-17(21)12-14(2)16-8-6-15(7-9-16)10-11-18(3,4)19-13-20/h6-9,12-13H,5,10-11H2,1-4H3,(H,19,20). The molecule has 22 heavy (non-hydrogen) atoms. The molecule has 1 aromatic rings. The molecule has 1 aromatic carbocycles. The molecule has 0 saturated heterocycles. The zero-order chi connectivity index (χ0) is 16.6. The van der Waals surface area contributed by atoms with Gasteiger partial charge in [-0.3, -0.25) is 4.79 Å². The van der Waals surface area contributed by atoms with E-state index in [-0.39, 0.29) is 11.5 Å². The number of hydrogen-bond acceptors (Lipinski definition) is 3. The van der Waals surface area contributed by atoms with E-state index in [0.29, 0.717) is 6.61 Å². The van der Waals surface area contributed by atoms with E-state index in [1.807, 2.05) is 32.9 Å². The first-order valence-corrected chi connectivity index (χ1v) is 7.53. The Kier molecular flexibility index (Phi) is 6.83. The van der Waals surface area contributed by atoms with Gasteiger partial charge in [0, 0.05) is 11.6 Å². The van der Waals surface area contributed by atoms with Crippen LogP contribution in [0.5, 0.6) is 0 Å². The van der Waals surface area contributed by atoms with Crippen molar-refractivity contribution < 1.29 is 14.3 Å². The van der Waals surface area contributed by atoms with Gasteiger partial charge in [0.25, 0.3) is 0 Å². The lowest BCUT2D eigenvalue weighted by atomic mass is 9.94. The number of carbonyl (C=O) groups excluding carboxylic acids is 2. The fourth-order valence-corrected chi connectivity index (χ4v) is 2.07. The average molecular weight is 303 g/mol. The van der Waals surface area contributed by atoms with Crippen LogP contribution in [0.25, 0.3) is 5.57 Å². The summed E-state index contributed by atoms with van der Waals surface area (Å²) in [4.78, 5) is 22.0. The van der Waals surface area contributed by atoms with Crippen molar-refractivity contribution in [2.24, 2.45) is 0 Å². The van der Waals surface area contributed by atoms with Crippen LogP contribution in [0.2, 0.25) is 0 Å². The molecule has 4 nitrogen and oxygen atoms in total. The van der Waals surface area contributed by atoms with Gasteiger partial charge in [-0.25, -0.2) is 4.79 Å². The molecule has 0 aliphatic carbocycles. The molecule has 120 valence electrons. The number of esters is 1. The molecule has 0 bridgehead atoms. The Morgan fingerprint density at radius 2 is 1.91 bits per heavy atom. The van der Waals surface area contributed by atoms with Gasteiger partial charge >= 0.3 is 5.97 Å². The number of ether oxygens (including phenoxy) is 1. The molecule has 1 amide bonds. The maximum Gasteiger partial charge on any atom is 0.331 e. The molecular weight excluding hydrogens is 278 g/mol. The maximum atomic E-state index is 11.4. The highest BCUT2D eigenvalue weighted by molar-refractivity contribution is 5.90. The first-order valence-electron chi connectivity index (χ1n) is 7.53. The zero-order valence-corrected chi connectivity index (χ0v) is 13.8. The normalized spacial score (nSPS) is 11.9. The first-order chi connectivity index (χ1) is 10.4. The van der Waals surface area contributed by atoms with E-state index in [1.54, 1.807) is 6.92 Å². The minimum absolute atomic E-state index is 0.208. The summed E-state index contributed by atoms with van der Waals surface area (Å²) in [6.07, 6.45) is 4.00. The van der Waals surface area contributed by atoms with Crippen LogP contribution in [-0.4, -0.2) is 24.5 Å². The Morgan fingerprint density at radius 1 is 1.27 bits per heavy atom. The molecule has 0 atom stereocenters. The van der Waals surface area contributed by atoms with Crippen molar-refractivity contribution in [3.05, 3.63) is 41.5 Å². The van der Waals surface area contributed by atoms with Gasteiger partial charge in [0.1, 0.15) is 0 Å². The molecule has 0 aliphatic rings. The minimum atomic E-state index is -0.314. The van der Waals surface area contributed by atoms with Gasteiger partial charge in [0.2, 0.25) is 6.41 Å². The van der Waals surface area contributed by atoms with Gasteiger partial charge in [0.05, 0.1) is 6.61 Å². The minimum Gasteiger partial charge on any atom is -0.463 e. The summed E-state index contributed by atoms with van der Waals surface area (Å²) in [6, 6.07) is 8.10. The predicted octanol–water partition coefficient (Wildman–Crippen LogP) is 3.11. The summed E-state index contributed by atoms with van der Waals surface area (Å²) in [6.45, 7) is 8.07. The van der Waals surface area contributed by atoms with Gasteiger partial charge < -0.3 is 10.1 Å². The molecule has 0 aromatic heterocycles. The smallest absolute Gasteiger partial charge is 0.331 e. The summed E-state index contributed by atoms with van der Waals surface area (Å²) in [5.41, 5.74) is 2.88. The fraction of sp³-hybridized carbons (Fsp3) is 0.444. The van der Waals surface area contributed by atoms with Crippen LogP contribution in [0, 0.1) is 0 Å². The maximum absolute atomic E-state index is 11.4. The third-order valence-electron chi connectivity index (χ3n) is 3.52. The number of nitrogens with one attached hydrogen (secondary N) is 1. The third-order valence-corrected chi connectivity index (χ3v) is 3.52. The van der Waals surface area contributed by atoms with Crippen LogP contribution < -0.4 is 5.32 Å². The third kappa shape index (κ3) is 6.12. The molecule has 0 radical (unpaired) electrons. The average Bonchev–Trinajstić information content (AvgIpc) is 2.46. The highest BCUT2D eigenvalue weighted by Crippen LogP contribution is 2.17. The Balaban J connectivity index is 2.67. The van der Waals surface area contributed by atoms with E-state index >= 15 is 0 Å². The van der Waals surface area contributed by atoms with Crippen molar-refractivity contribution in [2.75, 3.05) is 6.61 Å². The van der Waals surface area contributed by atoms with Crippen molar-refractivity contribution in [1.29, 1.82) is 0 Å². The van der Waals surface area contributed by atoms with E-state index in [1.165, 1.54) is 11.6 Å². The van der Waals surface area contributed by atoms with Crippen molar-refractivity contribution in [3.8, 4) is 0 Å². The first kappa shape index (κ1) is 18.0. The van der Waals surface area contributed by atoms with E-state index in [0.717, 1.165) is 30.4 Å². The molecule has 4 heteroatoms. The van der Waals surface area contributed by atoms with E-state index < -0.39 is 0 Å². The molecule has 0 spiro atoms. The van der Waals surface area contributed by atoms with Crippen molar-refractivity contribution in [3.63, 3.8) is 0 Å². The van der Waals surface area contributed by atoms with Gasteiger partial charge in [-0.2, -0.15) is 0 Å². The molecular formula is C18H25NO3. The van der Waals surface area contributed by atoms with Gasteiger partial charge in [-0.05, 0) is 57.2 Å². The summed E-state index contributed by atoms with van der Waals surface area (Å²) < 4.78 is 4.91. The van der Waals surface area contributed by atoms with E-state index in [4.69, 9.17) is 4.74 Å². The van der Waals surface area contributed by atoms with Crippen LogP contribution in [-0.2, 0) is 20.7 Å². The molecule has 0 aliphatic heterocycles. The van der Waals surface area contributed by atoms with E-state index in [9.17, 15) is 9.59 Å². The number of benzene rings is 1. The second-order valence-corrected chi connectivity index (χ2v) is 5.92. The van der Waals surface area contributed by atoms with Crippen molar-refractivity contribution >= 4 is 18.0 Å². The van der Waals surface area contributed by atoms with Gasteiger partial charge in [0.15, 0.2) is 0 Å². The molecule has 0 heterocycles. The number of hydrogen-bond donors (Lipinski definition) is 1. The summed E-state index contributed by atoms with van der Waals surface area (Å²) >= 11 is 0. The highest BCUT2D eigenvalue weighted by atomic mass is 16.5. The van der Waals surface area contributed by atoms with Crippen LogP contribution in [0.15, 0.2) is 30.3 Å². The molecule has 1 rings (SSSR count). The SMILES string of the molecule is CCOC(=O)C=C(C)c1ccc(CCC(C)(C)NC=O)cc1. The summed E-state index contributed by atoms with van der Waals surface area (Å²) in [7, 11) is 0. The topological polar surface area (TPSA) is 55.4 Å². The number of aryl methyl sites for hydroxylation is 1. The Labute approximate surface area is 132 Å². The summed E-state index contributed by atoms with van der Waals surface area (Å²) in [5, 5.41) is 2.81. The highest BCUT2D eigenvalue weighted by Gasteiger charge is 2.15. The van der Waals surface area contributed by atoms with Crippen molar-refractivity contribution in [2.45, 2.75) is 46.1 Å². The lowest BCUT2D eigenvalue weighted by Gasteiger charge is -2.23.